The van der Waals surface area contributed by atoms with Gasteiger partial charge in [-0.25, -0.2) is 4.98 Å². The van der Waals surface area contributed by atoms with Crippen molar-refractivity contribution >= 4 is 17.5 Å². The Bertz CT molecular complexity index is 314. The molecule has 1 aromatic heterocycles. The van der Waals surface area contributed by atoms with Gasteiger partial charge in [-0.1, -0.05) is 11.6 Å². The standard InChI is InChI=1S/C7H7ClN2O2/c1-12-6-4(8)2-3-10-5(6)7(9)11/h2-3H,1H3,(H2,9,11). The van der Waals surface area contributed by atoms with Crippen LogP contribution in [0.15, 0.2) is 12.3 Å². The summed E-state index contributed by atoms with van der Waals surface area (Å²) in [4.78, 5) is 14.5. The van der Waals surface area contributed by atoms with Crippen molar-refractivity contribution in [1.82, 2.24) is 4.98 Å². The molecule has 1 aromatic rings. The molecular formula is C7H7ClN2O2. The Balaban J connectivity index is 3.27. The fraction of sp³-hybridized carbons (Fsp3) is 0.143. The molecule has 12 heavy (non-hydrogen) atoms. The molecule has 0 aliphatic carbocycles. The summed E-state index contributed by atoms with van der Waals surface area (Å²) in [5.74, 6) is -0.444. The lowest BCUT2D eigenvalue weighted by Gasteiger charge is -2.04. The number of hydrogen-bond donors (Lipinski definition) is 1. The minimum Gasteiger partial charge on any atom is -0.493 e. The Labute approximate surface area is 74.3 Å². The Kier molecular flexibility index (Phi) is 2.50. The van der Waals surface area contributed by atoms with Crippen molar-refractivity contribution in [3.63, 3.8) is 0 Å². The fourth-order valence-corrected chi connectivity index (χ4v) is 1.02. The number of hydrogen-bond acceptors (Lipinski definition) is 3. The monoisotopic (exact) mass is 186 g/mol. The van der Waals surface area contributed by atoms with E-state index in [2.05, 4.69) is 4.98 Å². The first kappa shape index (κ1) is 8.80. The number of carbonyl (C=O) groups is 1. The van der Waals surface area contributed by atoms with E-state index in [4.69, 9.17) is 22.1 Å². The molecule has 0 saturated heterocycles. The second-order valence-corrected chi connectivity index (χ2v) is 2.45. The number of pyridine rings is 1. The zero-order chi connectivity index (χ0) is 9.14. The minimum absolute atomic E-state index is 0.0463. The zero-order valence-electron chi connectivity index (χ0n) is 6.37. The minimum atomic E-state index is -0.658. The molecule has 0 saturated carbocycles. The highest BCUT2D eigenvalue weighted by Crippen LogP contribution is 2.25. The SMILES string of the molecule is COc1c(Cl)ccnc1C(N)=O. The lowest BCUT2D eigenvalue weighted by molar-refractivity contribution is 0.0992. The predicted molar refractivity (Wildman–Crippen MR) is 44.3 cm³/mol. The molecule has 5 heteroatoms. The summed E-state index contributed by atoms with van der Waals surface area (Å²) in [5.41, 5.74) is 5.07. The highest BCUT2D eigenvalue weighted by atomic mass is 35.5. The van der Waals surface area contributed by atoms with Crippen LogP contribution in [-0.2, 0) is 0 Å². The molecule has 0 atom stereocenters. The lowest BCUT2D eigenvalue weighted by Crippen LogP contribution is -2.14. The first-order chi connectivity index (χ1) is 5.66. The molecule has 0 bridgehead atoms. The number of nitrogens with zero attached hydrogens (tertiary/aromatic N) is 1. The topological polar surface area (TPSA) is 65.2 Å². The van der Waals surface area contributed by atoms with Crippen LogP contribution in [0.2, 0.25) is 5.02 Å². The third kappa shape index (κ3) is 1.48. The van der Waals surface area contributed by atoms with Crippen molar-refractivity contribution in [3.8, 4) is 5.75 Å². The molecule has 4 nitrogen and oxygen atoms in total. The first-order valence-electron chi connectivity index (χ1n) is 3.15. The number of nitrogens with two attached hydrogens (primary N) is 1. The average Bonchev–Trinajstić information content (AvgIpc) is 2.03. The van der Waals surface area contributed by atoms with Crippen LogP contribution in [0, 0.1) is 0 Å². The number of methoxy groups -OCH3 is 1. The van der Waals surface area contributed by atoms with Gasteiger partial charge in [0.2, 0.25) is 0 Å². The number of rotatable bonds is 2. The third-order valence-electron chi connectivity index (χ3n) is 1.29. The molecule has 0 fully saturated rings. The lowest BCUT2D eigenvalue weighted by atomic mass is 10.3. The van der Waals surface area contributed by atoms with Gasteiger partial charge in [0.1, 0.15) is 0 Å². The smallest absolute Gasteiger partial charge is 0.271 e. The summed E-state index contributed by atoms with van der Waals surface area (Å²) >= 11 is 5.70. The van der Waals surface area contributed by atoms with E-state index in [1.807, 2.05) is 0 Å². The molecule has 0 aromatic carbocycles. The van der Waals surface area contributed by atoms with Crippen molar-refractivity contribution in [3.05, 3.63) is 23.0 Å². The van der Waals surface area contributed by atoms with Crippen molar-refractivity contribution in [2.24, 2.45) is 5.73 Å². The molecule has 2 N–H and O–H groups in total. The van der Waals surface area contributed by atoms with E-state index < -0.39 is 5.91 Å². The molecule has 1 amide bonds. The maximum Gasteiger partial charge on any atom is 0.271 e. The summed E-state index contributed by atoms with van der Waals surface area (Å²) in [7, 11) is 1.40. The summed E-state index contributed by atoms with van der Waals surface area (Å²) in [6.07, 6.45) is 1.39. The summed E-state index contributed by atoms with van der Waals surface area (Å²) in [6.45, 7) is 0. The van der Waals surface area contributed by atoms with Gasteiger partial charge in [-0.2, -0.15) is 0 Å². The van der Waals surface area contributed by atoms with E-state index >= 15 is 0 Å². The average molecular weight is 187 g/mol. The van der Waals surface area contributed by atoms with E-state index in [1.54, 1.807) is 0 Å². The van der Waals surface area contributed by atoms with Gasteiger partial charge in [-0.15, -0.1) is 0 Å². The van der Waals surface area contributed by atoms with Gasteiger partial charge in [-0.3, -0.25) is 4.79 Å². The largest absolute Gasteiger partial charge is 0.493 e. The summed E-state index contributed by atoms with van der Waals surface area (Å²) in [6, 6.07) is 1.52. The Morgan fingerprint density at radius 3 is 2.83 bits per heavy atom. The number of amides is 1. The molecule has 0 aliphatic rings. The molecule has 0 spiro atoms. The summed E-state index contributed by atoms with van der Waals surface area (Å²) in [5, 5.41) is 0.321. The second-order valence-electron chi connectivity index (χ2n) is 2.04. The zero-order valence-corrected chi connectivity index (χ0v) is 7.13. The van der Waals surface area contributed by atoms with E-state index in [9.17, 15) is 4.79 Å². The molecule has 0 radical (unpaired) electrons. The van der Waals surface area contributed by atoms with E-state index in [-0.39, 0.29) is 11.4 Å². The highest BCUT2D eigenvalue weighted by Gasteiger charge is 2.12. The van der Waals surface area contributed by atoms with Crippen LogP contribution in [0.5, 0.6) is 5.75 Å². The maximum absolute atomic E-state index is 10.8. The Morgan fingerprint density at radius 1 is 1.75 bits per heavy atom. The molecule has 64 valence electrons. The van der Waals surface area contributed by atoms with Gasteiger partial charge in [0.25, 0.3) is 5.91 Å². The summed E-state index contributed by atoms with van der Waals surface area (Å²) < 4.78 is 4.84. The number of halogens is 1. The number of carbonyl (C=O) groups excluding carboxylic acids is 1. The third-order valence-corrected chi connectivity index (χ3v) is 1.59. The van der Waals surface area contributed by atoms with Gasteiger partial charge in [0.05, 0.1) is 12.1 Å². The van der Waals surface area contributed by atoms with Gasteiger partial charge in [0.15, 0.2) is 11.4 Å². The van der Waals surface area contributed by atoms with Crippen LogP contribution in [0.4, 0.5) is 0 Å². The van der Waals surface area contributed by atoms with Crippen LogP contribution in [-0.4, -0.2) is 18.0 Å². The fourth-order valence-electron chi connectivity index (χ4n) is 0.794. The normalized spacial score (nSPS) is 9.50. The van der Waals surface area contributed by atoms with Crippen LogP contribution >= 0.6 is 11.6 Å². The van der Waals surface area contributed by atoms with E-state index in [0.29, 0.717) is 5.02 Å². The van der Waals surface area contributed by atoms with Crippen molar-refractivity contribution in [2.75, 3.05) is 7.11 Å². The van der Waals surface area contributed by atoms with Crippen LogP contribution in [0.3, 0.4) is 0 Å². The maximum atomic E-state index is 10.8. The van der Waals surface area contributed by atoms with Crippen LogP contribution < -0.4 is 10.5 Å². The molecule has 1 rings (SSSR count). The Morgan fingerprint density at radius 2 is 2.42 bits per heavy atom. The quantitative estimate of drug-likeness (QED) is 0.745. The van der Waals surface area contributed by atoms with Crippen LogP contribution in [0.1, 0.15) is 10.5 Å². The van der Waals surface area contributed by atoms with Crippen molar-refractivity contribution in [1.29, 1.82) is 0 Å². The van der Waals surface area contributed by atoms with Gasteiger partial charge >= 0.3 is 0 Å². The molecular weight excluding hydrogens is 180 g/mol. The number of ether oxygens (including phenoxy) is 1. The number of primary amides is 1. The Hall–Kier alpha value is -1.29. The second kappa shape index (κ2) is 3.40. The van der Waals surface area contributed by atoms with Gasteiger partial charge < -0.3 is 10.5 Å². The molecule has 0 aliphatic heterocycles. The number of aromatic nitrogens is 1. The molecule has 0 unspecified atom stereocenters. The van der Waals surface area contributed by atoms with E-state index in [0.717, 1.165) is 0 Å². The van der Waals surface area contributed by atoms with Gasteiger partial charge in [-0.05, 0) is 6.07 Å². The molecule has 1 heterocycles. The van der Waals surface area contributed by atoms with Crippen molar-refractivity contribution in [2.45, 2.75) is 0 Å². The van der Waals surface area contributed by atoms with E-state index in [1.165, 1.54) is 19.4 Å². The highest BCUT2D eigenvalue weighted by molar-refractivity contribution is 6.32. The first-order valence-corrected chi connectivity index (χ1v) is 3.53. The van der Waals surface area contributed by atoms with Crippen LogP contribution in [0.25, 0.3) is 0 Å². The van der Waals surface area contributed by atoms with Gasteiger partial charge in [0, 0.05) is 6.20 Å². The predicted octanol–water partition coefficient (Wildman–Crippen LogP) is 0.842. The van der Waals surface area contributed by atoms with Crippen molar-refractivity contribution < 1.29 is 9.53 Å².